The van der Waals surface area contributed by atoms with Crippen molar-refractivity contribution >= 4 is 14.4 Å². The molecular formula is C7H15FO2Si. The Kier molecular flexibility index (Phi) is 3.72. The van der Waals surface area contributed by atoms with Crippen LogP contribution in [0.1, 0.15) is 13.8 Å². The van der Waals surface area contributed by atoms with Crippen LogP contribution in [0.4, 0.5) is 4.11 Å². The van der Waals surface area contributed by atoms with E-state index in [-0.39, 0.29) is 0 Å². The van der Waals surface area contributed by atoms with Crippen LogP contribution in [0, 0.1) is 0 Å². The van der Waals surface area contributed by atoms with Crippen LogP contribution >= 0.6 is 0 Å². The molecule has 1 unspecified atom stereocenters. The van der Waals surface area contributed by atoms with Gasteiger partial charge >= 0.3 is 5.97 Å². The predicted molar refractivity (Wildman–Crippen MR) is 44.6 cm³/mol. The van der Waals surface area contributed by atoms with Crippen LogP contribution in [0.25, 0.3) is 0 Å². The number of hydrogen-bond acceptors (Lipinski definition) is 2. The number of esters is 1. The summed E-state index contributed by atoms with van der Waals surface area (Å²) in [6, 6.07) is 0. The Bertz CT molecular complexity index is 142. The first kappa shape index (κ1) is 10.6. The first-order valence-electron chi connectivity index (χ1n) is 3.75. The van der Waals surface area contributed by atoms with E-state index in [1.165, 1.54) is 13.1 Å². The SMILES string of the molecule is CCOC(=O)C(C)[Si](C)(C)F. The van der Waals surface area contributed by atoms with E-state index >= 15 is 0 Å². The summed E-state index contributed by atoms with van der Waals surface area (Å²) >= 11 is 0. The summed E-state index contributed by atoms with van der Waals surface area (Å²) < 4.78 is 17.9. The van der Waals surface area contributed by atoms with Crippen molar-refractivity contribution in [1.82, 2.24) is 0 Å². The second-order valence-electron chi connectivity index (χ2n) is 3.04. The van der Waals surface area contributed by atoms with E-state index in [2.05, 4.69) is 4.74 Å². The molecule has 0 rings (SSSR count). The normalized spacial score (nSPS) is 14.3. The topological polar surface area (TPSA) is 26.3 Å². The van der Waals surface area contributed by atoms with Crippen molar-refractivity contribution in [1.29, 1.82) is 0 Å². The van der Waals surface area contributed by atoms with Crippen LogP contribution in [0.3, 0.4) is 0 Å². The zero-order valence-corrected chi connectivity index (χ0v) is 8.48. The fourth-order valence-electron chi connectivity index (χ4n) is 0.548. The Labute approximate surface area is 67.9 Å². The van der Waals surface area contributed by atoms with Gasteiger partial charge in [0.2, 0.25) is 0 Å². The molecule has 0 aromatic carbocycles. The van der Waals surface area contributed by atoms with Crippen molar-refractivity contribution in [2.45, 2.75) is 32.5 Å². The molecule has 0 heterocycles. The number of rotatable bonds is 3. The van der Waals surface area contributed by atoms with E-state index in [4.69, 9.17) is 0 Å². The molecule has 0 bridgehead atoms. The maximum absolute atomic E-state index is 13.2. The minimum atomic E-state index is -2.84. The Balaban J connectivity index is 4.03. The zero-order valence-electron chi connectivity index (χ0n) is 7.48. The summed E-state index contributed by atoms with van der Waals surface area (Å²) in [5, 5.41) is 0. The zero-order chi connectivity index (χ0) is 9.07. The molecule has 0 aromatic rings. The maximum atomic E-state index is 13.2. The molecule has 0 aromatic heterocycles. The molecule has 0 aliphatic heterocycles. The van der Waals surface area contributed by atoms with Gasteiger partial charge in [0.15, 0.2) is 0 Å². The van der Waals surface area contributed by atoms with Gasteiger partial charge in [-0.3, -0.25) is 4.79 Å². The maximum Gasteiger partial charge on any atom is 0.308 e. The Morgan fingerprint density at radius 1 is 1.64 bits per heavy atom. The molecule has 0 saturated carbocycles. The quantitative estimate of drug-likeness (QED) is 0.376. The van der Waals surface area contributed by atoms with E-state index in [0.717, 1.165) is 0 Å². The van der Waals surface area contributed by atoms with Gasteiger partial charge in [-0.15, -0.1) is 0 Å². The third-order valence-corrected chi connectivity index (χ3v) is 3.96. The fourth-order valence-corrected chi connectivity index (χ4v) is 1.19. The monoisotopic (exact) mass is 178 g/mol. The lowest BCUT2D eigenvalue weighted by atomic mass is 10.5. The number of ether oxygens (including phenoxy) is 1. The van der Waals surface area contributed by atoms with Gasteiger partial charge in [-0.05, 0) is 20.0 Å². The molecular weight excluding hydrogens is 163 g/mol. The highest BCUT2D eigenvalue weighted by molar-refractivity contribution is 6.75. The smallest absolute Gasteiger partial charge is 0.308 e. The van der Waals surface area contributed by atoms with E-state index in [9.17, 15) is 8.90 Å². The molecule has 66 valence electrons. The summed E-state index contributed by atoms with van der Waals surface area (Å²) in [7, 11) is -2.84. The third kappa shape index (κ3) is 3.50. The molecule has 0 saturated heterocycles. The highest BCUT2D eigenvalue weighted by Crippen LogP contribution is 2.23. The van der Waals surface area contributed by atoms with Crippen molar-refractivity contribution < 1.29 is 13.6 Å². The van der Waals surface area contributed by atoms with Gasteiger partial charge in [0.1, 0.15) is 0 Å². The lowest BCUT2D eigenvalue weighted by Gasteiger charge is -2.17. The van der Waals surface area contributed by atoms with Gasteiger partial charge < -0.3 is 8.84 Å². The molecule has 0 aliphatic carbocycles. The first-order valence-corrected chi connectivity index (χ1v) is 6.70. The molecule has 0 fully saturated rings. The van der Waals surface area contributed by atoms with Gasteiger partial charge in [0.25, 0.3) is 8.41 Å². The number of halogens is 1. The van der Waals surface area contributed by atoms with E-state index in [0.29, 0.717) is 6.61 Å². The van der Waals surface area contributed by atoms with Crippen molar-refractivity contribution in [3.63, 3.8) is 0 Å². The lowest BCUT2D eigenvalue weighted by Crippen LogP contribution is -2.31. The fraction of sp³-hybridized carbons (Fsp3) is 0.857. The number of carbonyl (C=O) groups is 1. The molecule has 0 radical (unpaired) electrons. The molecule has 4 heteroatoms. The van der Waals surface area contributed by atoms with Gasteiger partial charge in [-0.25, -0.2) is 0 Å². The van der Waals surface area contributed by atoms with Crippen LogP contribution in [-0.4, -0.2) is 21.0 Å². The molecule has 1 atom stereocenters. The van der Waals surface area contributed by atoms with Gasteiger partial charge in [-0.2, -0.15) is 0 Å². The summed E-state index contributed by atoms with van der Waals surface area (Å²) in [5.41, 5.74) is -0.553. The number of carbonyl (C=O) groups excluding carboxylic acids is 1. The van der Waals surface area contributed by atoms with Crippen molar-refractivity contribution in [3.8, 4) is 0 Å². The second kappa shape index (κ2) is 3.85. The van der Waals surface area contributed by atoms with Gasteiger partial charge in [-0.1, -0.05) is 6.92 Å². The van der Waals surface area contributed by atoms with Crippen LogP contribution < -0.4 is 0 Å². The molecule has 11 heavy (non-hydrogen) atoms. The van der Waals surface area contributed by atoms with Gasteiger partial charge in [0.05, 0.1) is 12.1 Å². The average Bonchev–Trinajstić information content (AvgIpc) is 1.85. The van der Waals surface area contributed by atoms with Crippen molar-refractivity contribution in [2.75, 3.05) is 6.61 Å². The minimum absolute atomic E-state index is 0.327. The van der Waals surface area contributed by atoms with E-state index < -0.39 is 19.9 Å². The number of hydrogen-bond donors (Lipinski definition) is 0. The standard InChI is InChI=1S/C7H15FO2Si/c1-5-10-7(9)6(2)11(3,4)8/h6H,5H2,1-4H3. The first-order chi connectivity index (χ1) is 4.89. The molecule has 0 amide bonds. The summed E-state index contributed by atoms with van der Waals surface area (Å²) in [6.45, 7) is 6.65. The minimum Gasteiger partial charge on any atom is -0.466 e. The van der Waals surface area contributed by atoms with E-state index in [1.807, 2.05) is 0 Å². The molecule has 2 nitrogen and oxygen atoms in total. The predicted octanol–water partition coefficient (Wildman–Crippen LogP) is 2.11. The highest BCUT2D eigenvalue weighted by atomic mass is 28.4. The van der Waals surface area contributed by atoms with Crippen LogP contribution in [0.2, 0.25) is 18.6 Å². The summed E-state index contributed by atoms with van der Waals surface area (Å²) in [4.78, 5) is 11.0. The van der Waals surface area contributed by atoms with Crippen molar-refractivity contribution in [3.05, 3.63) is 0 Å². The third-order valence-electron chi connectivity index (χ3n) is 1.67. The Morgan fingerprint density at radius 2 is 2.09 bits per heavy atom. The van der Waals surface area contributed by atoms with E-state index in [1.54, 1.807) is 13.8 Å². The van der Waals surface area contributed by atoms with Crippen LogP contribution in [0.15, 0.2) is 0 Å². The van der Waals surface area contributed by atoms with Crippen LogP contribution in [-0.2, 0) is 9.53 Å². The second-order valence-corrected chi connectivity index (χ2v) is 7.03. The largest absolute Gasteiger partial charge is 0.466 e. The average molecular weight is 178 g/mol. The molecule has 0 spiro atoms. The van der Waals surface area contributed by atoms with Gasteiger partial charge in [0, 0.05) is 0 Å². The summed E-state index contributed by atoms with van der Waals surface area (Å²) in [6.07, 6.45) is 0. The lowest BCUT2D eigenvalue weighted by molar-refractivity contribution is -0.142. The highest BCUT2D eigenvalue weighted by Gasteiger charge is 2.35. The Morgan fingerprint density at radius 3 is 2.36 bits per heavy atom. The Hall–Kier alpha value is -0.383. The van der Waals surface area contributed by atoms with Crippen molar-refractivity contribution in [2.24, 2.45) is 0 Å². The molecule has 0 aliphatic rings. The molecule has 0 N–H and O–H groups in total. The van der Waals surface area contributed by atoms with Crippen LogP contribution in [0.5, 0.6) is 0 Å². The summed E-state index contributed by atoms with van der Waals surface area (Å²) in [5.74, 6) is -0.410.